The fourth-order valence-corrected chi connectivity index (χ4v) is 2.78. The number of rotatable bonds is 3. The summed E-state index contributed by atoms with van der Waals surface area (Å²) in [7, 11) is 2.08. The van der Waals surface area contributed by atoms with E-state index in [1.807, 2.05) is 31.2 Å². The summed E-state index contributed by atoms with van der Waals surface area (Å²) >= 11 is 5.94. The molecular weight excluding hydrogens is 297 g/mol. The van der Waals surface area contributed by atoms with Gasteiger partial charge in [-0.2, -0.15) is 0 Å². The number of piperidine rings is 1. The monoisotopic (exact) mass is 316 g/mol. The lowest BCUT2D eigenvalue weighted by Crippen LogP contribution is -3.00. The Morgan fingerprint density at radius 1 is 1.30 bits per heavy atom. The van der Waals surface area contributed by atoms with Crippen LogP contribution >= 0.6 is 11.6 Å². The Morgan fingerprint density at radius 3 is 2.35 bits per heavy atom. The minimum Gasteiger partial charge on any atom is -1.00 e. The largest absolute Gasteiger partial charge is 1.00 e. The number of carbonyl (C=O) groups is 1. The van der Waals surface area contributed by atoms with Gasteiger partial charge in [0, 0.05) is 5.02 Å². The molecule has 0 N–H and O–H groups in total. The molecule has 112 valence electrons. The van der Waals surface area contributed by atoms with Gasteiger partial charge in [0.1, 0.15) is 0 Å². The van der Waals surface area contributed by atoms with Crippen molar-refractivity contribution in [2.75, 3.05) is 26.7 Å². The zero-order valence-electron chi connectivity index (χ0n) is 11.9. The first kappa shape index (κ1) is 17.3. The molecule has 5 heteroatoms. The van der Waals surface area contributed by atoms with Gasteiger partial charge in [-0.05, 0) is 57.6 Å². The predicted molar refractivity (Wildman–Crippen MR) is 76.5 cm³/mol. The molecule has 3 nitrogen and oxygen atoms in total. The number of halogens is 2. The standard InChI is InChI=1S/C15H20ClNO2.ClH/c1-3-19-14(18)15(8-10-17(2)11-9-15)12-4-6-13(16)7-5-12;/h4-7H,3,8-11H2,1-2H3;1H/p-1. The summed E-state index contributed by atoms with van der Waals surface area (Å²) in [4.78, 5) is 14.7. The van der Waals surface area contributed by atoms with E-state index < -0.39 is 5.41 Å². The second-order valence-electron chi connectivity index (χ2n) is 5.11. The second kappa shape index (κ2) is 7.30. The number of hydrogen-bond donors (Lipinski definition) is 0. The van der Waals surface area contributed by atoms with E-state index in [0.717, 1.165) is 31.5 Å². The lowest BCUT2D eigenvalue weighted by atomic mass is 9.73. The molecule has 0 atom stereocenters. The summed E-state index contributed by atoms with van der Waals surface area (Å²) in [5, 5.41) is 0.690. The third-order valence-corrected chi connectivity index (χ3v) is 4.16. The van der Waals surface area contributed by atoms with Crippen LogP contribution in [0.3, 0.4) is 0 Å². The molecule has 0 unspecified atom stereocenters. The van der Waals surface area contributed by atoms with Gasteiger partial charge < -0.3 is 22.0 Å². The van der Waals surface area contributed by atoms with Crippen molar-refractivity contribution in [3.63, 3.8) is 0 Å². The van der Waals surface area contributed by atoms with E-state index in [9.17, 15) is 4.79 Å². The SMILES string of the molecule is CCOC(=O)C1(c2ccc(Cl)cc2)CCN(C)CC1.[Cl-]. The minimum absolute atomic E-state index is 0. The van der Waals surface area contributed by atoms with E-state index in [1.165, 1.54) is 0 Å². The molecule has 1 aliphatic rings. The normalized spacial score (nSPS) is 18.1. The molecule has 1 heterocycles. The van der Waals surface area contributed by atoms with Crippen LogP contribution in [0.15, 0.2) is 24.3 Å². The predicted octanol–water partition coefficient (Wildman–Crippen LogP) is -0.129. The van der Waals surface area contributed by atoms with Crippen LogP contribution in [0.4, 0.5) is 0 Å². The molecule has 0 amide bonds. The molecule has 0 radical (unpaired) electrons. The zero-order chi connectivity index (χ0) is 13.9. The highest BCUT2D eigenvalue weighted by atomic mass is 35.5. The number of likely N-dealkylation sites (tertiary alicyclic amines) is 1. The molecular formula is C15H20Cl2NO2-. The second-order valence-corrected chi connectivity index (χ2v) is 5.55. The molecule has 0 saturated carbocycles. The molecule has 20 heavy (non-hydrogen) atoms. The first-order chi connectivity index (χ1) is 9.08. The van der Waals surface area contributed by atoms with Crippen LogP contribution in [-0.4, -0.2) is 37.6 Å². The van der Waals surface area contributed by atoms with Gasteiger partial charge in [-0.25, -0.2) is 0 Å². The topological polar surface area (TPSA) is 29.5 Å². The maximum absolute atomic E-state index is 12.4. The maximum atomic E-state index is 12.4. The van der Waals surface area contributed by atoms with Crippen molar-refractivity contribution in [2.45, 2.75) is 25.2 Å². The van der Waals surface area contributed by atoms with Crippen molar-refractivity contribution in [3.05, 3.63) is 34.9 Å². The molecule has 1 saturated heterocycles. The number of nitrogens with zero attached hydrogens (tertiary/aromatic N) is 1. The van der Waals surface area contributed by atoms with Crippen LogP contribution in [-0.2, 0) is 14.9 Å². The third kappa shape index (κ3) is 3.46. The summed E-state index contributed by atoms with van der Waals surface area (Å²) in [5.74, 6) is -0.106. The number of benzene rings is 1. The molecule has 0 aliphatic carbocycles. The van der Waals surface area contributed by atoms with E-state index in [2.05, 4.69) is 11.9 Å². The quantitative estimate of drug-likeness (QED) is 0.728. The molecule has 1 aromatic rings. The first-order valence-corrected chi connectivity index (χ1v) is 7.08. The number of esters is 1. The van der Waals surface area contributed by atoms with Gasteiger partial charge in [-0.15, -0.1) is 0 Å². The van der Waals surface area contributed by atoms with Crippen molar-refractivity contribution in [3.8, 4) is 0 Å². The van der Waals surface area contributed by atoms with Crippen molar-refractivity contribution < 1.29 is 21.9 Å². The lowest BCUT2D eigenvalue weighted by molar-refractivity contribution is -0.152. The first-order valence-electron chi connectivity index (χ1n) is 6.70. The van der Waals surface area contributed by atoms with Crippen LogP contribution in [0.5, 0.6) is 0 Å². The smallest absolute Gasteiger partial charge is 0.316 e. The van der Waals surface area contributed by atoms with E-state index in [1.54, 1.807) is 0 Å². The highest BCUT2D eigenvalue weighted by Gasteiger charge is 2.43. The Kier molecular flexibility index (Phi) is 6.31. The average Bonchev–Trinajstić information content (AvgIpc) is 2.41. The molecule has 1 aromatic carbocycles. The fraction of sp³-hybridized carbons (Fsp3) is 0.533. The van der Waals surface area contributed by atoms with E-state index in [4.69, 9.17) is 16.3 Å². The summed E-state index contributed by atoms with van der Waals surface area (Å²) in [6.45, 7) is 4.08. The van der Waals surface area contributed by atoms with Gasteiger partial charge >= 0.3 is 5.97 Å². The zero-order valence-corrected chi connectivity index (χ0v) is 13.4. The van der Waals surface area contributed by atoms with Gasteiger partial charge in [-0.3, -0.25) is 4.79 Å². The Labute approximate surface area is 131 Å². The molecule has 0 bridgehead atoms. The van der Waals surface area contributed by atoms with E-state index in [-0.39, 0.29) is 18.4 Å². The summed E-state index contributed by atoms with van der Waals surface area (Å²) in [6.07, 6.45) is 1.59. The van der Waals surface area contributed by atoms with Gasteiger partial charge in [0.05, 0.1) is 12.0 Å². The van der Waals surface area contributed by atoms with Gasteiger partial charge in [-0.1, -0.05) is 23.7 Å². The van der Waals surface area contributed by atoms with Gasteiger partial charge in [0.2, 0.25) is 0 Å². The third-order valence-electron chi connectivity index (χ3n) is 3.90. The minimum atomic E-state index is -0.507. The molecule has 0 spiro atoms. The van der Waals surface area contributed by atoms with Crippen molar-refractivity contribution in [1.29, 1.82) is 0 Å². The van der Waals surface area contributed by atoms with Crippen LogP contribution < -0.4 is 12.4 Å². The van der Waals surface area contributed by atoms with Crippen molar-refractivity contribution in [1.82, 2.24) is 4.90 Å². The average molecular weight is 317 g/mol. The van der Waals surface area contributed by atoms with Crippen LogP contribution in [0.25, 0.3) is 0 Å². The number of ether oxygens (including phenoxy) is 1. The Bertz CT molecular complexity index is 440. The molecule has 2 rings (SSSR count). The molecule has 1 aliphatic heterocycles. The van der Waals surface area contributed by atoms with E-state index in [0.29, 0.717) is 11.6 Å². The highest BCUT2D eigenvalue weighted by Crippen LogP contribution is 2.37. The number of hydrogen-bond acceptors (Lipinski definition) is 3. The number of carbonyl (C=O) groups excluding carboxylic acids is 1. The maximum Gasteiger partial charge on any atom is 0.316 e. The summed E-state index contributed by atoms with van der Waals surface area (Å²) in [6, 6.07) is 7.58. The van der Waals surface area contributed by atoms with Crippen LogP contribution in [0, 0.1) is 0 Å². The molecule has 1 fully saturated rings. The fourth-order valence-electron chi connectivity index (χ4n) is 2.65. The van der Waals surface area contributed by atoms with Crippen molar-refractivity contribution in [2.24, 2.45) is 0 Å². The van der Waals surface area contributed by atoms with Gasteiger partial charge in [0.25, 0.3) is 0 Å². The summed E-state index contributed by atoms with van der Waals surface area (Å²) in [5.41, 5.74) is 0.510. The van der Waals surface area contributed by atoms with E-state index >= 15 is 0 Å². The Morgan fingerprint density at radius 2 is 1.85 bits per heavy atom. The van der Waals surface area contributed by atoms with Crippen LogP contribution in [0.2, 0.25) is 5.02 Å². The Balaban J connectivity index is 0.00000200. The highest BCUT2D eigenvalue weighted by molar-refractivity contribution is 6.30. The van der Waals surface area contributed by atoms with Gasteiger partial charge in [0.15, 0.2) is 0 Å². The molecule has 0 aromatic heterocycles. The van der Waals surface area contributed by atoms with Crippen molar-refractivity contribution >= 4 is 17.6 Å². The Hall–Kier alpha value is -0.770. The lowest BCUT2D eigenvalue weighted by Gasteiger charge is -2.39. The summed E-state index contributed by atoms with van der Waals surface area (Å²) < 4.78 is 5.31. The van der Waals surface area contributed by atoms with Crippen LogP contribution in [0.1, 0.15) is 25.3 Å².